The Hall–Kier alpha value is -1.68. The lowest BCUT2D eigenvalue weighted by Crippen LogP contribution is -2.32. The van der Waals surface area contributed by atoms with Gasteiger partial charge in [-0.15, -0.1) is 4.99 Å². The third-order valence-electron chi connectivity index (χ3n) is 0.377. The molecule has 0 saturated heterocycles. The fourth-order valence-electron chi connectivity index (χ4n) is 0.175. The van der Waals surface area contributed by atoms with Gasteiger partial charge in [0.1, 0.15) is 0 Å². The van der Waals surface area contributed by atoms with Gasteiger partial charge in [-0.1, -0.05) is 0 Å². The van der Waals surface area contributed by atoms with Gasteiger partial charge in [-0.25, -0.2) is 14.4 Å². The molecule has 0 unspecified atom stereocenters. The standard InChI is InChI=1S/C3H3N3O3/c4-2(8)6-3(9)5-1-7/h(H3,4,6,8,9). The molecular weight excluding hydrogens is 126 g/mol. The number of nitrogens with two attached hydrogens (primary N) is 1. The van der Waals surface area contributed by atoms with Crippen LogP contribution in [0.25, 0.3) is 0 Å². The summed E-state index contributed by atoms with van der Waals surface area (Å²) < 4.78 is 0. The molecule has 0 aliphatic heterocycles. The van der Waals surface area contributed by atoms with Gasteiger partial charge in [0, 0.05) is 0 Å². The average Bonchev–Trinajstić information content (AvgIpc) is 1.63. The second-order valence-corrected chi connectivity index (χ2v) is 0.997. The number of hydrogen-bond acceptors (Lipinski definition) is 3. The first kappa shape index (κ1) is 7.32. The van der Waals surface area contributed by atoms with Gasteiger partial charge in [-0.05, 0) is 0 Å². The molecule has 0 fully saturated rings. The first-order valence-electron chi connectivity index (χ1n) is 1.85. The summed E-state index contributed by atoms with van der Waals surface area (Å²) in [6.07, 6.45) is 0.928. The molecule has 48 valence electrons. The number of hydrogen-bond donors (Lipinski definition) is 2. The predicted molar refractivity (Wildman–Crippen MR) is 26.2 cm³/mol. The molecule has 0 spiro atoms. The third kappa shape index (κ3) is 4.17. The van der Waals surface area contributed by atoms with Gasteiger partial charge in [0.2, 0.25) is 6.08 Å². The number of isocyanates is 1. The fraction of sp³-hybridized carbons (Fsp3) is 0. The minimum Gasteiger partial charge on any atom is -0.351 e. The lowest BCUT2D eigenvalue weighted by Gasteiger charge is -1.87. The Labute approximate surface area is 49.7 Å². The van der Waals surface area contributed by atoms with Gasteiger partial charge in [-0.3, -0.25) is 5.32 Å². The Bertz CT molecular complexity index is 181. The number of rotatable bonds is 0. The van der Waals surface area contributed by atoms with Crippen LogP contribution in [-0.2, 0) is 4.79 Å². The second kappa shape index (κ2) is 3.34. The van der Waals surface area contributed by atoms with E-state index in [-0.39, 0.29) is 0 Å². The van der Waals surface area contributed by atoms with E-state index in [1.165, 1.54) is 5.32 Å². The molecule has 0 heterocycles. The number of urea groups is 2. The fourth-order valence-corrected chi connectivity index (χ4v) is 0.175. The number of aliphatic imine (C=N–C) groups is 1. The molecule has 3 N–H and O–H groups in total. The highest BCUT2D eigenvalue weighted by Gasteiger charge is 1.98. The summed E-state index contributed by atoms with van der Waals surface area (Å²) in [6, 6.07) is -2.17. The lowest BCUT2D eigenvalue weighted by molar-refractivity contribution is 0.237. The SMILES string of the molecule is NC(=O)NC(=O)N=C=O. The summed E-state index contributed by atoms with van der Waals surface area (Å²) in [6.45, 7) is 0. The number of carbonyl (C=O) groups excluding carboxylic acids is 3. The Balaban J connectivity index is 3.78. The number of imide groups is 1. The molecule has 0 bridgehead atoms. The molecule has 0 aromatic heterocycles. The van der Waals surface area contributed by atoms with Crippen molar-refractivity contribution in [2.75, 3.05) is 0 Å². The van der Waals surface area contributed by atoms with Crippen LogP contribution >= 0.6 is 0 Å². The van der Waals surface area contributed by atoms with Crippen LogP contribution in [0.15, 0.2) is 4.99 Å². The van der Waals surface area contributed by atoms with Gasteiger partial charge >= 0.3 is 12.1 Å². The van der Waals surface area contributed by atoms with Gasteiger partial charge in [-0.2, -0.15) is 0 Å². The molecule has 0 aromatic rings. The highest BCUT2D eigenvalue weighted by Crippen LogP contribution is 1.67. The van der Waals surface area contributed by atoms with Crippen LogP contribution in [0.2, 0.25) is 0 Å². The second-order valence-electron chi connectivity index (χ2n) is 0.997. The van der Waals surface area contributed by atoms with Crippen molar-refractivity contribution in [1.82, 2.24) is 5.32 Å². The summed E-state index contributed by atoms with van der Waals surface area (Å²) in [7, 11) is 0. The Morgan fingerprint density at radius 1 is 1.56 bits per heavy atom. The highest BCUT2D eigenvalue weighted by molar-refractivity contribution is 5.94. The van der Waals surface area contributed by atoms with Crippen LogP contribution in [-0.4, -0.2) is 18.1 Å². The monoisotopic (exact) mass is 129 g/mol. The molecule has 0 saturated carbocycles. The Morgan fingerprint density at radius 2 is 2.11 bits per heavy atom. The summed E-state index contributed by atoms with van der Waals surface area (Å²) in [5.41, 5.74) is 4.46. The summed E-state index contributed by atoms with van der Waals surface area (Å²) in [5, 5.41) is 1.51. The molecule has 4 amide bonds. The van der Waals surface area contributed by atoms with Crippen molar-refractivity contribution < 1.29 is 14.4 Å². The third-order valence-corrected chi connectivity index (χ3v) is 0.377. The molecule has 0 aliphatic rings. The molecule has 0 radical (unpaired) electrons. The first-order chi connectivity index (χ1) is 4.16. The highest BCUT2D eigenvalue weighted by atomic mass is 16.2. The smallest absolute Gasteiger partial charge is 0.351 e. The van der Waals surface area contributed by atoms with Crippen LogP contribution in [0.4, 0.5) is 9.59 Å². The van der Waals surface area contributed by atoms with E-state index in [0.717, 1.165) is 6.08 Å². The van der Waals surface area contributed by atoms with E-state index in [1.54, 1.807) is 0 Å². The lowest BCUT2D eigenvalue weighted by atomic mass is 10.9. The van der Waals surface area contributed by atoms with Gasteiger partial charge in [0.15, 0.2) is 0 Å². The van der Waals surface area contributed by atoms with Crippen molar-refractivity contribution in [1.29, 1.82) is 0 Å². The molecular formula is C3H3N3O3. The van der Waals surface area contributed by atoms with Crippen molar-refractivity contribution in [3.63, 3.8) is 0 Å². The molecule has 0 atom stereocenters. The van der Waals surface area contributed by atoms with Crippen LogP contribution in [0.5, 0.6) is 0 Å². The van der Waals surface area contributed by atoms with Crippen molar-refractivity contribution in [2.45, 2.75) is 0 Å². The number of amides is 4. The maximum Gasteiger partial charge on any atom is 0.359 e. The molecule has 9 heavy (non-hydrogen) atoms. The predicted octanol–water partition coefficient (Wildman–Crippen LogP) is -0.889. The van der Waals surface area contributed by atoms with E-state index in [2.05, 4.69) is 10.7 Å². The molecule has 0 rings (SSSR count). The summed E-state index contributed by atoms with van der Waals surface area (Å²) in [5.74, 6) is 0. The summed E-state index contributed by atoms with van der Waals surface area (Å²) >= 11 is 0. The van der Waals surface area contributed by atoms with E-state index in [1.807, 2.05) is 0 Å². The maximum atomic E-state index is 10.0. The van der Waals surface area contributed by atoms with Gasteiger partial charge in [0.05, 0.1) is 0 Å². The first-order valence-corrected chi connectivity index (χ1v) is 1.85. The summed E-state index contributed by atoms with van der Waals surface area (Å²) in [4.78, 5) is 31.6. The zero-order chi connectivity index (χ0) is 7.28. The van der Waals surface area contributed by atoms with Crippen molar-refractivity contribution in [3.05, 3.63) is 0 Å². The largest absolute Gasteiger partial charge is 0.359 e. The van der Waals surface area contributed by atoms with Crippen molar-refractivity contribution in [3.8, 4) is 0 Å². The van der Waals surface area contributed by atoms with Gasteiger partial charge < -0.3 is 5.73 Å². The quantitative estimate of drug-likeness (QED) is 0.327. The molecule has 0 aliphatic carbocycles. The zero-order valence-corrected chi connectivity index (χ0v) is 4.25. The zero-order valence-electron chi connectivity index (χ0n) is 4.25. The van der Waals surface area contributed by atoms with E-state index in [4.69, 9.17) is 0 Å². The molecule has 6 heteroatoms. The van der Waals surface area contributed by atoms with Crippen LogP contribution in [0.1, 0.15) is 0 Å². The maximum absolute atomic E-state index is 10.0. The van der Waals surface area contributed by atoms with Crippen molar-refractivity contribution in [2.24, 2.45) is 10.7 Å². The van der Waals surface area contributed by atoms with Crippen LogP contribution < -0.4 is 11.1 Å². The Kier molecular flexibility index (Phi) is 2.72. The van der Waals surface area contributed by atoms with E-state index in [0.29, 0.717) is 0 Å². The van der Waals surface area contributed by atoms with E-state index >= 15 is 0 Å². The van der Waals surface area contributed by atoms with Crippen molar-refractivity contribution >= 4 is 18.1 Å². The normalized spacial score (nSPS) is 7.11. The van der Waals surface area contributed by atoms with Crippen LogP contribution in [0.3, 0.4) is 0 Å². The van der Waals surface area contributed by atoms with Crippen LogP contribution in [0, 0.1) is 0 Å². The molecule has 6 nitrogen and oxygen atoms in total. The number of nitrogens with zero attached hydrogens (tertiary/aromatic N) is 1. The number of nitrogens with one attached hydrogen (secondary N) is 1. The molecule has 0 aromatic carbocycles. The van der Waals surface area contributed by atoms with E-state index in [9.17, 15) is 14.4 Å². The average molecular weight is 129 g/mol. The number of primary amides is 1. The van der Waals surface area contributed by atoms with Gasteiger partial charge in [0.25, 0.3) is 0 Å². The minimum atomic E-state index is -1.11. The number of carbonyl (C=O) groups is 2. The topological polar surface area (TPSA) is 102 Å². The van der Waals surface area contributed by atoms with E-state index < -0.39 is 12.1 Å². The minimum absolute atomic E-state index is 0.928. The Morgan fingerprint density at radius 3 is 2.44 bits per heavy atom.